The van der Waals surface area contributed by atoms with E-state index in [0.717, 1.165) is 31.6 Å². The van der Waals surface area contributed by atoms with Crippen molar-refractivity contribution in [3.63, 3.8) is 0 Å². The van der Waals surface area contributed by atoms with Crippen LogP contribution in [-0.2, 0) is 25.5 Å². The first-order valence-corrected chi connectivity index (χ1v) is 13.7. The van der Waals surface area contributed by atoms with Crippen LogP contribution in [0.25, 0.3) is 0 Å². The van der Waals surface area contributed by atoms with E-state index < -0.39 is 30.7 Å². The lowest BCUT2D eigenvalue weighted by atomic mass is 9.77. The molecule has 2 fully saturated rings. The molecular formula is C30H38N2O7. The molecule has 1 saturated heterocycles. The van der Waals surface area contributed by atoms with E-state index in [1.54, 1.807) is 0 Å². The monoisotopic (exact) mass is 538 g/mol. The molecule has 1 saturated carbocycles. The van der Waals surface area contributed by atoms with Crippen LogP contribution in [0.15, 0.2) is 42.6 Å². The summed E-state index contributed by atoms with van der Waals surface area (Å²) in [7, 11) is 1.43. The number of nitrogens with one attached hydrogen (secondary N) is 1. The van der Waals surface area contributed by atoms with Gasteiger partial charge < -0.3 is 24.3 Å². The van der Waals surface area contributed by atoms with Crippen LogP contribution in [-0.4, -0.2) is 48.9 Å². The summed E-state index contributed by atoms with van der Waals surface area (Å²) in [5.41, 5.74) is 1.16. The molecule has 4 unspecified atom stereocenters. The molecule has 0 radical (unpaired) electrons. The first-order chi connectivity index (χ1) is 18.9. The third-order valence-corrected chi connectivity index (χ3v) is 7.58. The maximum atomic E-state index is 13.3. The van der Waals surface area contributed by atoms with Gasteiger partial charge in [-0.3, -0.25) is 9.59 Å². The molecular weight excluding hydrogens is 500 g/mol. The topological polar surface area (TPSA) is 113 Å². The lowest BCUT2D eigenvalue weighted by Gasteiger charge is -2.31. The van der Waals surface area contributed by atoms with Crippen LogP contribution in [0.5, 0.6) is 11.5 Å². The summed E-state index contributed by atoms with van der Waals surface area (Å²) in [5, 5.41) is 2.81. The van der Waals surface area contributed by atoms with Crippen molar-refractivity contribution in [1.29, 1.82) is 0 Å². The summed E-state index contributed by atoms with van der Waals surface area (Å²) in [5.74, 6) is 0.0932. The van der Waals surface area contributed by atoms with Crippen molar-refractivity contribution in [2.24, 2.45) is 17.8 Å². The number of nitrogens with zero attached hydrogens (tertiary/aromatic N) is 1. The predicted octanol–water partition coefficient (Wildman–Crippen LogP) is 4.48. The maximum Gasteiger partial charge on any atom is 0.328 e. The van der Waals surface area contributed by atoms with E-state index in [1.165, 1.54) is 44.7 Å². The molecule has 9 heteroatoms. The Bertz CT molecular complexity index is 1140. The second-order valence-corrected chi connectivity index (χ2v) is 10.5. The fourth-order valence-electron chi connectivity index (χ4n) is 5.37. The summed E-state index contributed by atoms with van der Waals surface area (Å²) >= 11 is 0. The number of benzene rings is 1. The summed E-state index contributed by atoms with van der Waals surface area (Å²) < 4.78 is 21.7. The molecule has 0 spiro atoms. The molecule has 4 atom stereocenters. The van der Waals surface area contributed by atoms with Crippen molar-refractivity contribution in [3.8, 4) is 11.5 Å². The quantitative estimate of drug-likeness (QED) is 0.348. The Morgan fingerprint density at radius 1 is 1.10 bits per heavy atom. The fourth-order valence-corrected chi connectivity index (χ4v) is 5.37. The number of rotatable bonds is 10. The van der Waals surface area contributed by atoms with E-state index in [9.17, 15) is 14.4 Å². The number of carbonyl (C=O) groups is 3. The number of methoxy groups -OCH3 is 1. The van der Waals surface area contributed by atoms with Crippen molar-refractivity contribution >= 4 is 17.8 Å². The SMILES string of the molecule is COc1ccnc(C(=O)NC2CCCC(CC3CC3)C(Cc3ccccc3)C(C)OC2=O)c1OCOC(C)=O. The summed E-state index contributed by atoms with van der Waals surface area (Å²) in [6.45, 7) is 2.81. The van der Waals surface area contributed by atoms with Gasteiger partial charge in [-0.25, -0.2) is 9.78 Å². The molecule has 2 aromatic rings. The molecule has 9 nitrogen and oxygen atoms in total. The first kappa shape index (κ1) is 28.4. The van der Waals surface area contributed by atoms with Gasteiger partial charge in [-0.15, -0.1) is 0 Å². The first-order valence-electron chi connectivity index (χ1n) is 13.7. The zero-order valence-electron chi connectivity index (χ0n) is 22.9. The van der Waals surface area contributed by atoms with E-state index in [-0.39, 0.29) is 29.2 Å². The van der Waals surface area contributed by atoms with Crippen molar-refractivity contribution in [3.05, 3.63) is 53.9 Å². The highest BCUT2D eigenvalue weighted by molar-refractivity contribution is 5.98. The Hall–Kier alpha value is -3.62. The minimum Gasteiger partial charge on any atom is -0.493 e. The van der Waals surface area contributed by atoms with Crippen LogP contribution in [0.3, 0.4) is 0 Å². The molecule has 39 heavy (non-hydrogen) atoms. The van der Waals surface area contributed by atoms with Gasteiger partial charge in [0.2, 0.25) is 6.79 Å². The Morgan fingerprint density at radius 2 is 1.87 bits per heavy atom. The Kier molecular flexibility index (Phi) is 9.79. The van der Waals surface area contributed by atoms with E-state index in [1.807, 2.05) is 25.1 Å². The molecule has 1 amide bonds. The van der Waals surface area contributed by atoms with Crippen LogP contribution in [0.2, 0.25) is 0 Å². The van der Waals surface area contributed by atoms with E-state index in [4.69, 9.17) is 18.9 Å². The van der Waals surface area contributed by atoms with E-state index >= 15 is 0 Å². The summed E-state index contributed by atoms with van der Waals surface area (Å²) in [6.07, 6.45) is 7.88. The van der Waals surface area contributed by atoms with Crippen molar-refractivity contribution in [2.75, 3.05) is 13.9 Å². The standard InChI is InChI=1S/C30H38N2O7/c1-19-24(17-21-8-5-4-6-9-21)23(16-22-12-13-22)10-7-11-25(30(35)39-19)32-29(34)27-28(38-18-37-20(2)33)26(36-3)14-15-31-27/h4-6,8-9,14-15,19,22-25H,7,10-13,16-18H2,1-3H3,(H,32,34). The number of cyclic esters (lactones) is 1. The number of hydrogen-bond acceptors (Lipinski definition) is 8. The molecule has 2 aliphatic rings. The maximum absolute atomic E-state index is 13.3. The number of carbonyl (C=O) groups excluding carboxylic acids is 3. The minimum atomic E-state index is -0.827. The molecule has 1 aliphatic carbocycles. The number of pyridine rings is 1. The average Bonchev–Trinajstić information content (AvgIpc) is 3.74. The molecule has 1 aliphatic heterocycles. The van der Waals surface area contributed by atoms with Gasteiger partial charge in [0.25, 0.3) is 5.91 Å². The third-order valence-electron chi connectivity index (χ3n) is 7.58. The number of ether oxygens (including phenoxy) is 4. The van der Waals surface area contributed by atoms with Crippen LogP contribution in [0, 0.1) is 17.8 Å². The lowest BCUT2D eigenvalue weighted by Crippen LogP contribution is -2.43. The van der Waals surface area contributed by atoms with Gasteiger partial charge in [0.05, 0.1) is 7.11 Å². The Morgan fingerprint density at radius 3 is 2.56 bits per heavy atom. The van der Waals surface area contributed by atoms with E-state index in [0.29, 0.717) is 12.3 Å². The van der Waals surface area contributed by atoms with Crippen molar-refractivity contribution in [2.45, 2.75) is 70.9 Å². The molecule has 210 valence electrons. The second-order valence-electron chi connectivity index (χ2n) is 10.5. The fraction of sp³-hybridized carbons (Fsp3) is 0.533. The lowest BCUT2D eigenvalue weighted by molar-refractivity contribution is -0.154. The van der Waals surface area contributed by atoms with Gasteiger partial charge in [0, 0.05) is 25.1 Å². The van der Waals surface area contributed by atoms with E-state index in [2.05, 4.69) is 22.4 Å². The van der Waals surface area contributed by atoms with Gasteiger partial charge in [-0.05, 0) is 50.0 Å². The molecule has 1 N–H and O–H groups in total. The van der Waals surface area contributed by atoms with Gasteiger partial charge >= 0.3 is 11.9 Å². The molecule has 1 aromatic heterocycles. The average molecular weight is 539 g/mol. The zero-order chi connectivity index (χ0) is 27.8. The van der Waals surface area contributed by atoms with Gasteiger partial charge in [-0.2, -0.15) is 0 Å². The molecule has 0 bridgehead atoms. The zero-order valence-corrected chi connectivity index (χ0v) is 22.9. The predicted molar refractivity (Wildman–Crippen MR) is 143 cm³/mol. The smallest absolute Gasteiger partial charge is 0.328 e. The minimum absolute atomic E-state index is 0.0241. The van der Waals surface area contributed by atoms with Crippen molar-refractivity contribution in [1.82, 2.24) is 10.3 Å². The largest absolute Gasteiger partial charge is 0.493 e. The van der Waals surface area contributed by atoms with Crippen molar-refractivity contribution < 1.29 is 33.3 Å². The summed E-state index contributed by atoms with van der Waals surface area (Å²) in [4.78, 5) is 41.9. The highest BCUT2D eigenvalue weighted by Gasteiger charge is 2.37. The number of esters is 2. The number of amides is 1. The molecule has 1 aromatic carbocycles. The third kappa shape index (κ3) is 7.94. The van der Waals surface area contributed by atoms with Crippen LogP contribution < -0.4 is 14.8 Å². The van der Waals surface area contributed by atoms with Crippen LogP contribution >= 0.6 is 0 Å². The number of aromatic nitrogens is 1. The second kappa shape index (κ2) is 13.4. The number of hydrogen-bond donors (Lipinski definition) is 1. The molecule has 4 rings (SSSR count). The van der Waals surface area contributed by atoms with Crippen LogP contribution in [0.4, 0.5) is 0 Å². The highest BCUT2D eigenvalue weighted by Crippen LogP contribution is 2.42. The van der Waals surface area contributed by atoms with Crippen LogP contribution in [0.1, 0.15) is 68.4 Å². The van der Waals surface area contributed by atoms with Gasteiger partial charge in [-0.1, -0.05) is 49.6 Å². The van der Waals surface area contributed by atoms with Gasteiger partial charge in [0.1, 0.15) is 12.1 Å². The normalized spacial score (nSPS) is 23.4. The Labute approximate surface area is 229 Å². The molecule has 2 heterocycles. The Balaban J connectivity index is 1.49. The van der Waals surface area contributed by atoms with Gasteiger partial charge in [0.15, 0.2) is 17.2 Å². The summed E-state index contributed by atoms with van der Waals surface area (Å²) in [6, 6.07) is 11.0. The highest BCUT2D eigenvalue weighted by atomic mass is 16.7.